The van der Waals surface area contributed by atoms with Crippen LogP contribution in [0.25, 0.3) is 0 Å². The van der Waals surface area contributed by atoms with E-state index >= 15 is 0 Å². The van der Waals surface area contributed by atoms with E-state index in [0.29, 0.717) is 6.04 Å². The SMILES string of the molecule is BC(B)(B)NC(C(B)(B)C)C(B)(B)c1ccc2c(c1)OC(B)(B)O2. The van der Waals surface area contributed by atoms with Gasteiger partial charge in [-0.2, -0.15) is 0 Å². The van der Waals surface area contributed by atoms with Crippen molar-refractivity contribution < 1.29 is 9.47 Å². The fourth-order valence-corrected chi connectivity index (χ4v) is 3.70. The molecule has 3 nitrogen and oxygen atoms in total. The van der Waals surface area contributed by atoms with Crippen molar-refractivity contribution in [2.75, 3.05) is 0 Å². The van der Waals surface area contributed by atoms with Crippen molar-refractivity contribution in [3.63, 3.8) is 0 Å². The lowest BCUT2D eigenvalue weighted by molar-refractivity contribution is 0.0833. The molecule has 24 heavy (non-hydrogen) atoms. The molecule has 0 saturated carbocycles. The second kappa shape index (κ2) is 5.97. The van der Waals surface area contributed by atoms with Gasteiger partial charge in [-0.25, -0.2) is 0 Å². The average Bonchev–Trinajstić information content (AvgIpc) is 2.66. The summed E-state index contributed by atoms with van der Waals surface area (Å²) in [4.78, 5) is 0. The molecule has 0 aromatic heterocycles. The summed E-state index contributed by atoms with van der Waals surface area (Å²) in [6, 6.07) is 6.66. The molecule has 1 aromatic carbocycles. The second-order valence-electron chi connectivity index (χ2n) is 10.2. The highest BCUT2D eigenvalue weighted by Crippen LogP contribution is 2.41. The molecule has 0 radical (unpaired) electrons. The summed E-state index contributed by atoms with van der Waals surface area (Å²) >= 11 is 0. The van der Waals surface area contributed by atoms with Gasteiger partial charge in [0.05, 0.1) is 0 Å². The summed E-state index contributed by atoms with van der Waals surface area (Å²) in [6.07, 6.45) is 0. The molecule has 0 amide bonds. The standard InChI is InChI=1S/C12H26B9NO2/c1-9(13,14)8(22-11(17,18)19)10(15,16)5-2-3-6-7(4-5)24-12(20,21)23-6/h2-4,8,22H,13-21H2,1H3. The van der Waals surface area contributed by atoms with Gasteiger partial charge in [-0.3, -0.25) is 0 Å². The van der Waals surface area contributed by atoms with Gasteiger partial charge in [0, 0.05) is 0 Å². The molecule has 12 heteroatoms. The van der Waals surface area contributed by atoms with Gasteiger partial charge in [0.15, 0.2) is 32.8 Å². The smallest absolute Gasteiger partial charge is 0.197 e. The van der Waals surface area contributed by atoms with Crippen molar-refractivity contribution in [3.8, 4) is 11.5 Å². The number of rotatable bonds is 5. The summed E-state index contributed by atoms with van der Waals surface area (Å²) in [7, 11) is 19.8. The predicted molar refractivity (Wildman–Crippen MR) is 127 cm³/mol. The quantitative estimate of drug-likeness (QED) is 0.548. The van der Waals surface area contributed by atoms with Crippen LogP contribution in [0.4, 0.5) is 0 Å². The Balaban J connectivity index is 2.41. The van der Waals surface area contributed by atoms with Gasteiger partial charge in [-0.15, -0.1) is 0 Å². The van der Waals surface area contributed by atoms with E-state index in [-0.39, 0.29) is 15.7 Å². The minimum absolute atomic E-state index is 0.0492. The van der Waals surface area contributed by atoms with E-state index < -0.39 is 5.59 Å². The van der Waals surface area contributed by atoms with E-state index in [2.05, 4.69) is 79.3 Å². The number of hydrogen-bond acceptors (Lipinski definition) is 3. The molecule has 0 spiro atoms. The number of nitrogens with one attached hydrogen (secondary N) is 1. The monoisotopic (exact) mass is 315 g/mol. The van der Waals surface area contributed by atoms with E-state index in [1.165, 1.54) is 5.56 Å². The molecule has 1 aliphatic rings. The van der Waals surface area contributed by atoms with Gasteiger partial charge >= 0.3 is 0 Å². The van der Waals surface area contributed by atoms with Gasteiger partial charge in [0.25, 0.3) is 0 Å². The first-order chi connectivity index (χ1) is 10.6. The fraction of sp³-hybridized carbons (Fsp3) is 0.500. The highest BCUT2D eigenvalue weighted by molar-refractivity contribution is 6.59. The topological polar surface area (TPSA) is 30.5 Å². The number of hydrogen-bond donors (Lipinski definition) is 1. The summed E-state index contributed by atoms with van der Waals surface area (Å²) in [5.41, 5.74) is 0.678. The van der Waals surface area contributed by atoms with Crippen LogP contribution < -0.4 is 14.8 Å². The largest absolute Gasteiger partial charge is 0.467 e. The molecule has 2 rings (SSSR count). The lowest BCUT2D eigenvalue weighted by Crippen LogP contribution is -2.64. The maximum Gasteiger partial charge on any atom is 0.197 e. The Bertz CT molecular complexity index is 624. The van der Waals surface area contributed by atoms with Crippen molar-refractivity contribution in [3.05, 3.63) is 23.8 Å². The van der Waals surface area contributed by atoms with Gasteiger partial charge in [-0.05, 0) is 23.4 Å². The zero-order valence-electron chi connectivity index (χ0n) is 17.1. The second-order valence-corrected chi connectivity index (χ2v) is 10.2. The Morgan fingerprint density at radius 3 is 2.00 bits per heavy atom. The maximum absolute atomic E-state index is 5.95. The van der Waals surface area contributed by atoms with Crippen LogP contribution in [-0.2, 0) is 5.21 Å². The van der Waals surface area contributed by atoms with Crippen molar-refractivity contribution >= 4 is 70.6 Å². The highest BCUT2D eigenvalue weighted by atomic mass is 16.7. The first-order valence-electron chi connectivity index (χ1n) is 8.92. The Hall–Kier alpha value is -0.636. The summed E-state index contributed by atoms with van der Waals surface area (Å²) in [5, 5.41) is 3.95. The van der Waals surface area contributed by atoms with Gasteiger partial charge in [-0.1, -0.05) is 29.0 Å². The summed E-state index contributed by atoms with van der Waals surface area (Å²) in [5.74, 6) is 1.67. The molecule has 1 unspecified atom stereocenters. The summed E-state index contributed by atoms with van der Waals surface area (Å²) in [6.45, 7) is 2.30. The van der Waals surface area contributed by atoms with Crippen LogP contribution in [0.1, 0.15) is 12.5 Å². The Morgan fingerprint density at radius 2 is 1.50 bits per heavy atom. The number of fused-ring (bicyclic) bond motifs is 1. The third-order valence-corrected chi connectivity index (χ3v) is 4.56. The van der Waals surface area contributed by atoms with Crippen molar-refractivity contribution in [1.82, 2.24) is 5.32 Å². The van der Waals surface area contributed by atoms with E-state index in [4.69, 9.17) is 9.47 Å². The van der Waals surface area contributed by atoms with Crippen LogP contribution in [0.2, 0.25) is 5.21 Å². The van der Waals surface area contributed by atoms with Crippen molar-refractivity contribution in [1.29, 1.82) is 0 Å². The Labute approximate surface area is 155 Å². The number of ether oxygens (including phenoxy) is 2. The average molecular weight is 314 g/mol. The van der Waals surface area contributed by atoms with E-state index in [1.54, 1.807) is 0 Å². The lowest BCUT2D eigenvalue weighted by Gasteiger charge is -2.48. The molecule has 0 saturated heterocycles. The molecular weight excluding hydrogens is 287 g/mol. The third kappa shape index (κ3) is 4.31. The van der Waals surface area contributed by atoms with Crippen molar-refractivity contribution in [2.24, 2.45) is 0 Å². The van der Waals surface area contributed by atoms with Gasteiger partial charge < -0.3 is 14.8 Å². The van der Waals surface area contributed by atoms with Crippen LogP contribution >= 0.6 is 0 Å². The highest BCUT2D eigenvalue weighted by Gasteiger charge is 2.41. The van der Waals surface area contributed by atoms with Crippen LogP contribution in [0.15, 0.2) is 18.2 Å². The molecule has 1 atom stereocenters. The number of benzene rings is 1. The van der Waals surface area contributed by atoms with Gasteiger partial charge in [0.2, 0.25) is 0 Å². The molecule has 0 aliphatic carbocycles. The molecule has 0 bridgehead atoms. The fourth-order valence-electron chi connectivity index (χ4n) is 3.70. The molecule has 1 aromatic rings. The zero-order valence-corrected chi connectivity index (χ0v) is 17.1. The summed E-state index contributed by atoms with van der Waals surface area (Å²) < 4.78 is 11.8. The van der Waals surface area contributed by atoms with E-state index in [9.17, 15) is 0 Å². The van der Waals surface area contributed by atoms with Crippen molar-refractivity contribution in [2.45, 2.75) is 34.2 Å². The molecule has 0 fully saturated rings. The first kappa shape index (κ1) is 19.7. The minimum Gasteiger partial charge on any atom is -0.467 e. The first-order valence-corrected chi connectivity index (χ1v) is 8.92. The van der Waals surface area contributed by atoms with Crippen LogP contribution in [-0.4, -0.2) is 87.5 Å². The predicted octanol–water partition coefficient (Wildman–Crippen LogP) is -7.37. The van der Waals surface area contributed by atoms with Crippen LogP contribution in [0.5, 0.6) is 11.5 Å². The maximum atomic E-state index is 5.95. The lowest BCUT2D eigenvalue weighted by atomic mass is 9.35. The van der Waals surface area contributed by atoms with Crippen LogP contribution in [0, 0.1) is 0 Å². The van der Waals surface area contributed by atoms with Crippen LogP contribution in [0.3, 0.4) is 0 Å². The zero-order chi connectivity index (χ0) is 18.6. The van der Waals surface area contributed by atoms with E-state index in [0.717, 1.165) is 11.5 Å². The van der Waals surface area contributed by atoms with Gasteiger partial charge in [0.1, 0.15) is 54.9 Å². The minimum atomic E-state index is -0.585. The molecule has 1 heterocycles. The Morgan fingerprint density at radius 1 is 0.958 bits per heavy atom. The van der Waals surface area contributed by atoms with E-state index in [1.807, 2.05) is 21.8 Å². The molecular formula is C12H26B9NO2. The normalized spacial score (nSPS) is 18.2. The third-order valence-electron chi connectivity index (χ3n) is 4.56. The Kier molecular flexibility index (Phi) is 4.89. The molecule has 1 N–H and O–H groups in total. The molecule has 1 aliphatic heterocycles. The molecule has 118 valence electrons.